The van der Waals surface area contributed by atoms with Crippen molar-refractivity contribution >= 4 is 27.8 Å². The van der Waals surface area contributed by atoms with E-state index in [0.717, 1.165) is 0 Å². The molecule has 7 N–H and O–H groups in total. The highest BCUT2D eigenvalue weighted by Crippen LogP contribution is 1.90. The fourth-order valence-electron chi connectivity index (χ4n) is 0.902. The largest absolute Gasteiger partial charge is 0.368 e. The minimum Gasteiger partial charge on any atom is -0.368 e. The summed E-state index contributed by atoms with van der Waals surface area (Å²) in [4.78, 5) is 32.8. The molecule has 0 fully saturated rings. The van der Waals surface area contributed by atoms with E-state index >= 15 is 0 Å². The third-order valence-corrected chi connectivity index (χ3v) is 2.44. The van der Waals surface area contributed by atoms with E-state index in [4.69, 9.17) is 16.0 Å². The Balaban J connectivity index is 4.38. The number of nitrogens with one attached hydrogen (secondary N) is 2. The van der Waals surface area contributed by atoms with E-state index in [-0.39, 0.29) is 6.54 Å². The first-order chi connectivity index (χ1) is 8.15. The molecular weight excluding hydrogens is 268 g/mol. The molecule has 0 aromatic heterocycles. The average Bonchev–Trinajstić information content (AvgIpc) is 2.22. The molecule has 0 saturated heterocycles. The molecule has 3 amide bonds. The van der Waals surface area contributed by atoms with Crippen molar-refractivity contribution in [2.24, 2.45) is 11.5 Å². The molecule has 0 unspecified atom stereocenters. The van der Waals surface area contributed by atoms with Crippen LogP contribution in [0.25, 0.3) is 0 Å². The number of rotatable bonds is 7. The number of primary amides is 1. The zero-order chi connectivity index (χ0) is 14.3. The fourth-order valence-corrected chi connectivity index (χ4v) is 1.57. The van der Waals surface area contributed by atoms with Crippen LogP contribution in [0.1, 0.15) is 0 Å². The standard InChI is InChI=1S/C7H14N4O6S/c8-1-5(12)10-2-6(13)11-4(7(9)14)3-18(15,16)17/h4H,1-3,8H2,(H2,9,14)(H,10,12)(H,11,13)(H,15,16,17)/t4-/m0/s1. The minimum absolute atomic E-state index is 0.322. The quantitative estimate of drug-likeness (QED) is 0.294. The molecule has 11 heteroatoms. The van der Waals surface area contributed by atoms with E-state index in [1.54, 1.807) is 0 Å². The van der Waals surface area contributed by atoms with Crippen molar-refractivity contribution in [3.05, 3.63) is 0 Å². The number of carbonyl (C=O) groups excluding carboxylic acids is 3. The first-order valence-corrected chi connectivity index (χ1v) is 6.27. The van der Waals surface area contributed by atoms with Crippen molar-refractivity contribution < 1.29 is 27.4 Å². The van der Waals surface area contributed by atoms with Gasteiger partial charge in [-0.1, -0.05) is 0 Å². The van der Waals surface area contributed by atoms with Gasteiger partial charge in [-0.25, -0.2) is 0 Å². The Bertz CT molecular complexity index is 433. The Morgan fingerprint density at radius 3 is 2.17 bits per heavy atom. The summed E-state index contributed by atoms with van der Waals surface area (Å²) < 4.78 is 29.6. The molecule has 0 rings (SSSR count). The van der Waals surface area contributed by atoms with E-state index in [1.807, 2.05) is 5.32 Å². The molecule has 0 aliphatic carbocycles. The van der Waals surface area contributed by atoms with Crippen LogP contribution in [0.4, 0.5) is 0 Å². The van der Waals surface area contributed by atoms with E-state index < -0.39 is 46.2 Å². The SMILES string of the molecule is NCC(=O)NCC(=O)N[C@@H](CS(=O)(=O)O)C(N)=O. The second kappa shape index (κ2) is 6.88. The third-order valence-electron chi connectivity index (χ3n) is 1.69. The van der Waals surface area contributed by atoms with E-state index in [2.05, 4.69) is 5.32 Å². The highest BCUT2D eigenvalue weighted by atomic mass is 32.2. The summed E-state index contributed by atoms with van der Waals surface area (Å²) in [7, 11) is -4.47. The number of carbonyl (C=O) groups is 3. The van der Waals surface area contributed by atoms with Crippen LogP contribution in [0.15, 0.2) is 0 Å². The molecule has 0 saturated carbocycles. The van der Waals surface area contributed by atoms with Gasteiger partial charge in [0.25, 0.3) is 10.1 Å². The van der Waals surface area contributed by atoms with Crippen molar-refractivity contribution in [2.75, 3.05) is 18.8 Å². The monoisotopic (exact) mass is 282 g/mol. The molecule has 0 aromatic carbocycles. The van der Waals surface area contributed by atoms with Gasteiger partial charge in [-0.2, -0.15) is 8.42 Å². The molecule has 1 atom stereocenters. The van der Waals surface area contributed by atoms with Gasteiger partial charge in [-0.3, -0.25) is 18.9 Å². The molecule has 0 spiro atoms. The Morgan fingerprint density at radius 2 is 1.78 bits per heavy atom. The van der Waals surface area contributed by atoms with Gasteiger partial charge in [0, 0.05) is 0 Å². The van der Waals surface area contributed by atoms with Gasteiger partial charge < -0.3 is 22.1 Å². The van der Waals surface area contributed by atoms with Crippen LogP contribution in [0.3, 0.4) is 0 Å². The molecular formula is C7H14N4O6S. The van der Waals surface area contributed by atoms with E-state index in [1.165, 1.54) is 0 Å². The smallest absolute Gasteiger partial charge is 0.267 e. The number of nitrogens with two attached hydrogens (primary N) is 2. The summed E-state index contributed by atoms with van der Waals surface area (Å²) in [6, 6.07) is -1.58. The number of hydrogen-bond donors (Lipinski definition) is 5. The van der Waals surface area contributed by atoms with Gasteiger partial charge in [0.1, 0.15) is 11.8 Å². The van der Waals surface area contributed by atoms with Crippen LogP contribution >= 0.6 is 0 Å². The minimum atomic E-state index is -4.47. The summed E-state index contributed by atoms with van der Waals surface area (Å²) >= 11 is 0. The lowest BCUT2D eigenvalue weighted by molar-refractivity contribution is -0.128. The van der Waals surface area contributed by atoms with Crippen molar-refractivity contribution in [3.8, 4) is 0 Å². The third kappa shape index (κ3) is 7.54. The summed E-state index contributed by atoms with van der Waals surface area (Å²) in [5, 5.41) is 4.04. The van der Waals surface area contributed by atoms with Gasteiger partial charge in [0.2, 0.25) is 17.7 Å². The molecule has 18 heavy (non-hydrogen) atoms. The summed E-state index contributed by atoms with van der Waals surface area (Å²) in [6.07, 6.45) is 0. The molecule has 104 valence electrons. The first-order valence-electron chi connectivity index (χ1n) is 4.66. The van der Waals surface area contributed by atoms with Gasteiger partial charge in [0.05, 0.1) is 13.1 Å². The number of hydrogen-bond acceptors (Lipinski definition) is 6. The second-order valence-corrected chi connectivity index (χ2v) is 4.75. The van der Waals surface area contributed by atoms with Crippen LogP contribution < -0.4 is 22.1 Å². The molecule has 0 bridgehead atoms. The summed E-state index contributed by atoms with van der Waals surface area (Å²) in [6.45, 7) is -0.817. The maximum Gasteiger partial charge on any atom is 0.267 e. The molecule has 0 heterocycles. The Morgan fingerprint density at radius 1 is 1.22 bits per heavy atom. The molecule has 0 aromatic rings. The highest BCUT2D eigenvalue weighted by Gasteiger charge is 2.23. The van der Waals surface area contributed by atoms with Crippen LogP contribution in [0, 0.1) is 0 Å². The molecule has 0 radical (unpaired) electrons. The average molecular weight is 282 g/mol. The van der Waals surface area contributed by atoms with Gasteiger partial charge >= 0.3 is 0 Å². The Kier molecular flexibility index (Phi) is 6.22. The van der Waals surface area contributed by atoms with Gasteiger partial charge in [-0.15, -0.1) is 0 Å². The van der Waals surface area contributed by atoms with Crippen LogP contribution in [-0.4, -0.2) is 55.6 Å². The zero-order valence-electron chi connectivity index (χ0n) is 9.25. The Labute approximate surface area is 103 Å². The van der Waals surface area contributed by atoms with Gasteiger partial charge in [0.15, 0.2) is 0 Å². The Hall–Kier alpha value is -1.72. The normalized spacial score (nSPS) is 12.6. The topological polar surface area (TPSA) is 182 Å². The van der Waals surface area contributed by atoms with Crippen LogP contribution in [0.2, 0.25) is 0 Å². The summed E-state index contributed by atoms with van der Waals surface area (Å²) in [5.41, 5.74) is 9.80. The second-order valence-electron chi connectivity index (χ2n) is 3.25. The van der Waals surface area contributed by atoms with E-state index in [9.17, 15) is 22.8 Å². The van der Waals surface area contributed by atoms with Crippen LogP contribution in [0.5, 0.6) is 0 Å². The lowest BCUT2D eigenvalue weighted by Gasteiger charge is -2.13. The molecule has 0 aliphatic heterocycles. The molecule has 10 nitrogen and oxygen atoms in total. The number of amides is 3. The first kappa shape index (κ1) is 16.3. The maximum atomic E-state index is 11.2. The lowest BCUT2D eigenvalue weighted by Crippen LogP contribution is -2.51. The van der Waals surface area contributed by atoms with Gasteiger partial charge in [-0.05, 0) is 0 Å². The maximum absolute atomic E-state index is 11.2. The zero-order valence-corrected chi connectivity index (χ0v) is 10.1. The predicted molar refractivity (Wildman–Crippen MR) is 59.6 cm³/mol. The summed E-state index contributed by atoms with van der Waals surface area (Å²) in [5.74, 6) is -3.62. The van der Waals surface area contributed by atoms with E-state index in [0.29, 0.717) is 0 Å². The predicted octanol–water partition coefficient (Wildman–Crippen LogP) is -4.08. The lowest BCUT2D eigenvalue weighted by atomic mass is 10.3. The fraction of sp³-hybridized carbons (Fsp3) is 0.571. The van der Waals surface area contributed by atoms with Crippen molar-refractivity contribution in [2.45, 2.75) is 6.04 Å². The highest BCUT2D eigenvalue weighted by molar-refractivity contribution is 7.85. The van der Waals surface area contributed by atoms with Crippen molar-refractivity contribution in [1.29, 1.82) is 0 Å². The molecule has 0 aliphatic rings. The van der Waals surface area contributed by atoms with Crippen molar-refractivity contribution in [1.82, 2.24) is 10.6 Å². The van der Waals surface area contributed by atoms with Crippen molar-refractivity contribution in [3.63, 3.8) is 0 Å². The van der Waals surface area contributed by atoms with Crippen LogP contribution in [-0.2, 0) is 24.5 Å².